The van der Waals surface area contributed by atoms with Gasteiger partial charge in [0.1, 0.15) is 0 Å². The van der Waals surface area contributed by atoms with Gasteiger partial charge in [-0.1, -0.05) is 5.11 Å². The first-order chi connectivity index (χ1) is 7.81. The minimum atomic E-state index is 0.221. The van der Waals surface area contributed by atoms with Gasteiger partial charge in [-0.3, -0.25) is 4.79 Å². The first-order valence-corrected chi connectivity index (χ1v) is 5.82. The Bertz CT molecular complexity index is 306. The predicted octanol–water partition coefficient (Wildman–Crippen LogP) is 0.897. The smallest absolute Gasteiger partial charge is 0.223 e. The Morgan fingerprint density at radius 3 is 2.94 bits per heavy atom. The molecule has 0 aromatic heterocycles. The lowest BCUT2D eigenvalue weighted by atomic mass is 10.1. The standard InChI is InChI=1S/C10H17N5O/c11-14-13-6-8-5-10(16)15(7-8)9-1-3-12-4-2-9/h8-9,12H,1-7H2. The highest BCUT2D eigenvalue weighted by Crippen LogP contribution is 2.24. The highest BCUT2D eigenvalue weighted by molar-refractivity contribution is 5.79. The Kier molecular flexibility index (Phi) is 3.64. The van der Waals surface area contributed by atoms with Crippen molar-refractivity contribution in [1.29, 1.82) is 0 Å². The van der Waals surface area contributed by atoms with Crippen molar-refractivity contribution >= 4 is 5.91 Å². The molecule has 0 saturated carbocycles. The lowest BCUT2D eigenvalue weighted by molar-refractivity contribution is -0.130. The molecule has 0 aliphatic carbocycles. The first kappa shape index (κ1) is 11.2. The average molecular weight is 223 g/mol. The SMILES string of the molecule is [N-]=[N+]=NCC1CC(=O)N(C2CCNCC2)C1. The van der Waals surface area contributed by atoms with Crippen LogP contribution in [-0.2, 0) is 4.79 Å². The number of likely N-dealkylation sites (tertiary alicyclic amines) is 1. The summed E-state index contributed by atoms with van der Waals surface area (Å²) in [6.07, 6.45) is 2.63. The van der Waals surface area contributed by atoms with Gasteiger partial charge >= 0.3 is 0 Å². The Balaban J connectivity index is 1.90. The summed E-state index contributed by atoms with van der Waals surface area (Å²) in [6.45, 7) is 3.21. The summed E-state index contributed by atoms with van der Waals surface area (Å²) >= 11 is 0. The van der Waals surface area contributed by atoms with Gasteiger partial charge in [0.05, 0.1) is 0 Å². The number of nitrogens with one attached hydrogen (secondary N) is 1. The van der Waals surface area contributed by atoms with E-state index in [4.69, 9.17) is 5.53 Å². The van der Waals surface area contributed by atoms with E-state index < -0.39 is 0 Å². The lowest BCUT2D eigenvalue weighted by Gasteiger charge is -2.31. The fourth-order valence-electron chi connectivity index (χ4n) is 2.55. The first-order valence-electron chi connectivity index (χ1n) is 5.82. The molecule has 2 fully saturated rings. The van der Waals surface area contributed by atoms with Crippen molar-refractivity contribution < 1.29 is 4.79 Å². The summed E-state index contributed by atoms with van der Waals surface area (Å²) in [6, 6.07) is 0.393. The van der Waals surface area contributed by atoms with Gasteiger partial charge < -0.3 is 10.2 Å². The third kappa shape index (κ3) is 2.46. The third-order valence-corrected chi connectivity index (χ3v) is 3.39. The number of nitrogens with zero attached hydrogens (tertiary/aromatic N) is 4. The molecule has 1 amide bonds. The number of hydrogen-bond acceptors (Lipinski definition) is 3. The van der Waals surface area contributed by atoms with E-state index in [9.17, 15) is 4.79 Å². The number of rotatable bonds is 3. The van der Waals surface area contributed by atoms with Gasteiger partial charge in [-0.25, -0.2) is 0 Å². The molecule has 2 aliphatic heterocycles. The van der Waals surface area contributed by atoms with Crippen molar-refractivity contribution in [3.8, 4) is 0 Å². The highest BCUT2D eigenvalue weighted by atomic mass is 16.2. The topological polar surface area (TPSA) is 81.1 Å². The monoisotopic (exact) mass is 223 g/mol. The Hall–Kier alpha value is -1.26. The van der Waals surface area contributed by atoms with Crippen molar-refractivity contribution in [2.24, 2.45) is 11.0 Å². The molecule has 1 atom stereocenters. The molecular formula is C10H17N5O. The van der Waals surface area contributed by atoms with Gasteiger partial charge in [-0.2, -0.15) is 0 Å². The number of amides is 1. The summed E-state index contributed by atoms with van der Waals surface area (Å²) in [5, 5.41) is 6.85. The van der Waals surface area contributed by atoms with Crippen LogP contribution in [0.3, 0.4) is 0 Å². The van der Waals surface area contributed by atoms with Crippen LogP contribution < -0.4 is 5.32 Å². The Labute approximate surface area is 94.6 Å². The second kappa shape index (κ2) is 5.18. The van der Waals surface area contributed by atoms with Crippen LogP contribution in [0.4, 0.5) is 0 Å². The number of carbonyl (C=O) groups is 1. The second-order valence-corrected chi connectivity index (χ2v) is 4.51. The molecule has 6 nitrogen and oxygen atoms in total. The predicted molar refractivity (Wildman–Crippen MR) is 59.7 cm³/mol. The summed E-state index contributed by atoms with van der Waals surface area (Å²) < 4.78 is 0. The van der Waals surface area contributed by atoms with E-state index in [1.165, 1.54) is 0 Å². The largest absolute Gasteiger partial charge is 0.339 e. The normalized spacial score (nSPS) is 26.9. The minimum Gasteiger partial charge on any atom is -0.339 e. The van der Waals surface area contributed by atoms with E-state index in [1.54, 1.807) is 0 Å². The van der Waals surface area contributed by atoms with Crippen molar-refractivity contribution in [2.75, 3.05) is 26.2 Å². The van der Waals surface area contributed by atoms with Gasteiger partial charge in [0, 0.05) is 30.5 Å². The van der Waals surface area contributed by atoms with Gasteiger partial charge in [-0.05, 0) is 37.4 Å². The molecule has 0 spiro atoms. The quantitative estimate of drug-likeness (QED) is 0.438. The number of carbonyl (C=O) groups excluding carboxylic acids is 1. The van der Waals surface area contributed by atoms with E-state index in [0.717, 1.165) is 32.5 Å². The van der Waals surface area contributed by atoms with E-state index in [2.05, 4.69) is 15.3 Å². The summed E-state index contributed by atoms with van der Waals surface area (Å²) in [5.41, 5.74) is 8.26. The van der Waals surface area contributed by atoms with Crippen LogP contribution in [0, 0.1) is 5.92 Å². The summed E-state index contributed by atoms with van der Waals surface area (Å²) in [7, 11) is 0. The maximum absolute atomic E-state index is 11.8. The van der Waals surface area contributed by atoms with Gasteiger partial charge in [0.15, 0.2) is 0 Å². The third-order valence-electron chi connectivity index (χ3n) is 3.39. The van der Waals surface area contributed by atoms with Crippen molar-refractivity contribution in [2.45, 2.75) is 25.3 Å². The molecule has 0 bridgehead atoms. The van der Waals surface area contributed by atoms with E-state index in [1.807, 2.05) is 4.90 Å². The maximum Gasteiger partial charge on any atom is 0.223 e. The molecule has 6 heteroatoms. The lowest BCUT2D eigenvalue weighted by Crippen LogP contribution is -2.43. The fraction of sp³-hybridized carbons (Fsp3) is 0.900. The average Bonchev–Trinajstić information content (AvgIpc) is 2.69. The fourth-order valence-corrected chi connectivity index (χ4v) is 2.55. The molecule has 0 radical (unpaired) electrons. The number of hydrogen-bond donors (Lipinski definition) is 1. The van der Waals surface area contributed by atoms with Crippen LogP contribution in [0.1, 0.15) is 19.3 Å². The maximum atomic E-state index is 11.8. The zero-order chi connectivity index (χ0) is 11.4. The molecule has 2 saturated heterocycles. The zero-order valence-corrected chi connectivity index (χ0v) is 9.30. The van der Waals surface area contributed by atoms with Crippen molar-refractivity contribution in [3.05, 3.63) is 10.4 Å². The molecule has 2 heterocycles. The van der Waals surface area contributed by atoms with Crippen molar-refractivity contribution in [3.63, 3.8) is 0 Å². The molecule has 1 N–H and O–H groups in total. The Morgan fingerprint density at radius 1 is 1.50 bits per heavy atom. The summed E-state index contributed by atoms with van der Waals surface area (Å²) in [4.78, 5) is 16.5. The number of piperidine rings is 1. The molecule has 88 valence electrons. The van der Waals surface area contributed by atoms with Gasteiger partial charge in [0.25, 0.3) is 0 Å². The zero-order valence-electron chi connectivity index (χ0n) is 9.30. The van der Waals surface area contributed by atoms with Crippen LogP contribution in [-0.4, -0.2) is 43.0 Å². The molecule has 16 heavy (non-hydrogen) atoms. The number of azide groups is 1. The van der Waals surface area contributed by atoms with Crippen LogP contribution in [0.2, 0.25) is 0 Å². The molecular weight excluding hydrogens is 206 g/mol. The second-order valence-electron chi connectivity index (χ2n) is 4.51. The van der Waals surface area contributed by atoms with Crippen LogP contribution in [0.5, 0.6) is 0 Å². The minimum absolute atomic E-state index is 0.221. The molecule has 1 unspecified atom stereocenters. The van der Waals surface area contributed by atoms with Crippen molar-refractivity contribution in [1.82, 2.24) is 10.2 Å². The summed E-state index contributed by atoms with van der Waals surface area (Å²) in [5.74, 6) is 0.448. The van der Waals surface area contributed by atoms with E-state index in [-0.39, 0.29) is 11.8 Å². The van der Waals surface area contributed by atoms with E-state index >= 15 is 0 Å². The molecule has 0 aromatic carbocycles. The molecule has 0 aromatic rings. The van der Waals surface area contributed by atoms with Crippen LogP contribution in [0.25, 0.3) is 10.4 Å². The molecule has 2 rings (SSSR count). The van der Waals surface area contributed by atoms with Crippen LogP contribution in [0.15, 0.2) is 5.11 Å². The molecule has 2 aliphatic rings. The Morgan fingerprint density at radius 2 is 2.25 bits per heavy atom. The van der Waals surface area contributed by atoms with Gasteiger partial charge in [0.2, 0.25) is 5.91 Å². The van der Waals surface area contributed by atoms with Gasteiger partial charge in [-0.15, -0.1) is 0 Å². The van der Waals surface area contributed by atoms with E-state index in [0.29, 0.717) is 19.0 Å². The highest BCUT2D eigenvalue weighted by Gasteiger charge is 2.34. The van der Waals surface area contributed by atoms with Crippen LogP contribution >= 0.6 is 0 Å².